The lowest BCUT2D eigenvalue weighted by molar-refractivity contribution is 0.894. The van der Waals surface area contributed by atoms with Crippen LogP contribution in [0.4, 0.5) is 22.7 Å². The lowest BCUT2D eigenvalue weighted by Crippen LogP contribution is -2.19. The summed E-state index contributed by atoms with van der Waals surface area (Å²) in [4.78, 5) is 5.09. The van der Waals surface area contributed by atoms with Gasteiger partial charge >= 0.3 is 0 Å². The zero-order valence-electron chi connectivity index (χ0n) is 34.8. The van der Waals surface area contributed by atoms with Gasteiger partial charge in [-0.2, -0.15) is 0 Å². The van der Waals surface area contributed by atoms with E-state index in [1.165, 1.54) is 93.3 Å². The first-order valence-electron chi connectivity index (χ1n) is 22.0. The Labute approximate surface area is 378 Å². The smallest absolute Gasteiger partial charge is 0.103 e. The first-order chi connectivity index (χ1) is 31.1. The highest BCUT2D eigenvalue weighted by Crippen LogP contribution is 2.48. The van der Waals surface area contributed by atoms with Gasteiger partial charge in [-0.1, -0.05) is 163 Å². The lowest BCUT2D eigenvalue weighted by Gasteiger charge is -2.31. The topological polar surface area (TPSA) is 27.3 Å². The lowest BCUT2D eigenvalue weighted by atomic mass is 9.90. The Morgan fingerprint density at radius 2 is 1.13 bits per heavy atom. The summed E-state index contributed by atoms with van der Waals surface area (Å²) >= 11 is 3.83. The van der Waals surface area contributed by atoms with Crippen molar-refractivity contribution in [3.63, 3.8) is 0 Å². The molecule has 0 saturated carbocycles. The van der Waals surface area contributed by atoms with Crippen molar-refractivity contribution in [3.8, 4) is 33.4 Å². The van der Waals surface area contributed by atoms with E-state index < -0.39 is 0 Å². The average molecular weight is 848 g/mol. The Balaban J connectivity index is 0.855. The fourth-order valence-electron chi connectivity index (χ4n) is 9.52. The predicted molar refractivity (Wildman–Crippen MR) is 270 cm³/mol. The third kappa shape index (κ3) is 7.45. The molecule has 0 saturated heterocycles. The van der Waals surface area contributed by atoms with Gasteiger partial charge in [-0.15, -0.1) is 0 Å². The molecule has 0 fully saturated rings. The van der Waals surface area contributed by atoms with Crippen LogP contribution >= 0.6 is 23.5 Å². The number of allylic oxidation sites excluding steroid dienone is 4. The monoisotopic (exact) mass is 847 g/mol. The van der Waals surface area contributed by atoms with Gasteiger partial charge in [-0.3, -0.25) is 0 Å². The number of anilines is 4. The van der Waals surface area contributed by atoms with Gasteiger partial charge in [0.25, 0.3) is 0 Å². The summed E-state index contributed by atoms with van der Waals surface area (Å²) < 4.78 is 0. The summed E-state index contributed by atoms with van der Waals surface area (Å²) in [5.41, 5.74) is 18.9. The summed E-state index contributed by atoms with van der Waals surface area (Å²) in [6, 6.07) is 65.2. The second-order valence-electron chi connectivity index (χ2n) is 16.9. The standard InChI is InChI=1S/C58H45N3S2/c1-3-10-41(11-4-1)57-59-53-31-24-49(37-56(53)63-57)40-21-28-51(29-22-40)61(52-30-23-46-34-45(17-18-47(46)35-52)44-16-15-38-9-7-8-14-43(38)33-44)50-26-19-39(20-27-50)48-25-32-55-54(36-48)60-58(62-55)42-12-5-2-6-13-42/h1-5,7-12,14-22,24-29,31-37,57-60H,6,13,23,30H2. The molecule has 0 aromatic heterocycles. The maximum Gasteiger partial charge on any atom is 0.103 e. The van der Waals surface area contributed by atoms with E-state index in [2.05, 4.69) is 216 Å². The highest BCUT2D eigenvalue weighted by atomic mass is 32.2. The van der Waals surface area contributed by atoms with Crippen LogP contribution in [0.5, 0.6) is 0 Å². The summed E-state index contributed by atoms with van der Waals surface area (Å²) in [5.74, 6) is 0. The van der Waals surface area contributed by atoms with Crippen LogP contribution in [0.1, 0.15) is 41.3 Å². The normalized spacial score (nSPS) is 17.2. The van der Waals surface area contributed by atoms with Crippen LogP contribution in [-0.2, 0) is 6.42 Å². The van der Waals surface area contributed by atoms with Gasteiger partial charge in [0, 0.05) is 38.2 Å². The van der Waals surface area contributed by atoms with E-state index in [4.69, 9.17) is 0 Å². The van der Waals surface area contributed by atoms with Crippen molar-refractivity contribution in [1.29, 1.82) is 0 Å². The zero-order chi connectivity index (χ0) is 41.7. The Bertz CT molecular complexity index is 3130. The van der Waals surface area contributed by atoms with Crippen molar-refractivity contribution in [2.45, 2.75) is 46.2 Å². The fourth-order valence-corrected chi connectivity index (χ4v) is 11.9. The van der Waals surface area contributed by atoms with Crippen molar-refractivity contribution >= 4 is 63.1 Å². The summed E-state index contributed by atoms with van der Waals surface area (Å²) in [5, 5.41) is 10.6. The molecule has 0 amide bonds. The van der Waals surface area contributed by atoms with E-state index in [0.717, 1.165) is 37.1 Å². The molecule has 5 heteroatoms. The van der Waals surface area contributed by atoms with Gasteiger partial charge in [-0.25, -0.2) is 0 Å². The Hall–Kier alpha value is -6.66. The molecule has 2 heterocycles. The van der Waals surface area contributed by atoms with Crippen LogP contribution < -0.4 is 15.5 Å². The van der Waals surface area contributed by atoms with Crippen LogP contribution in [0.25, 0.3) is 50.2 Å². The molecule has 63 heavy (non-hydrogen) atoms. The van der Waals surface area contributed by atoms with Gasteiger partial charge < -0.3 is 15.5 Å². The molecule has 2 aliphatic heterocycles. The molecule has 8 aromatic rings. The molecule has 3 nitrogen and oxygen atoms in total. The van der Waals surface area contributed by atoms with E-state index in [9.17, 15) is 0 Å². The number of aryl methyl sites for hydroxylation is 1. The minimum atomic E-state index is 0.227. The number of nitrogens with zero attached hydrogens (tertiary/aromatic N) is 1. The number of fused-ring (bicyclic) bond motifs is 4. The van der Waals surface area contributed by atoms with E-state index in [0.29, 0.717) is 5.37 Å². The summed E-state index contributed by atoms with van der Waals surface area (Å²) in [7, 11) is 0. The molecule has 0 spiro atoms. The van der Waals surface area contributed by atoms with Crippen LogP contribution in [0.15, 0.2) is 215 Å². The highest BCUT2D eigenvalue weighted by molar-refractivity contribution is 8.00. The number of rotatable bonds is 8. The minimum Gasteiger partial charge on any atom is -0.369 e. The van der Waals surface area contributed by atoms with Crippen molar-refractivity contribution in [2.75, 3.05) is 15.5 Å². The largest absolute Gasteiger partial charge is 0.369 e. The van der Waals surface area contributed by atoms with Crippen molar-refractivity contribution < 1.29 is 0 Å². The molecule has 2 N–H and O–H groups in total. The predicted octanol–water partition coefficient (Wildman–Crippen LogP) is 16.3. The summed E-state index contributed by atoms with van der Waals surface area (Å²) in [6.07, 6.45) is 13.3. The molecular formula is C58H45N3S2. The second-order valence-corrected chi connectivity index (χ2v) is 19.2. The van der Waals surface area contributed by atoms with Crippen LogP contribution in [-0.4, -0.2) is 5.37 Å². The third-order valence-electron chi connectivity index (χ3n) is 12.9. The quantitative estimate of drug-likeness (QED) is 0.159. The Morgan fingerprint density at radius 1 is 0.476 bits per heavy atom. The molecule has 0 radical (unpaired) electrons. The third-order valence-corrected chi connectivity index (χ3v) is 15.4. The number of benzene rings is 8. The molecule has 2 atom stereocenters. The van der Waals surface area contributed by atoms with Crippen molar-refractivity contribution in [3.05, 3.63) is 222 Å². The van der Waals surface area contributed by atoms with Gasteiger partial charge in [0.15, 0.2) is 0 Å². The number of nitrogens with one attached hydrogen (secondary N) is 2. The number of hydrogen-bond acceptors (Lipinski definition) is 5. The first-order valence-corrected chi connectivity index (χ1v) is 23.8. The number of thioether (sulfide) groups is 2. The second kappa shape index (κ2) is 16.2. The molecule has 4 aliphatic rings. The van der Waals surface area contributed by atoms with Gasteiger partial charge in [-0.05, 0) is 153 Å². The molecule has 2 aliphatic carbocycles. The maximum atomic E-state index is 3.81. The van der Waals surface area contributed by atoms with Crippen LogP contribution in [0, 0.1) is 0 Å². The van der Waals surface area contributed by atoms with Crippen LogP contribution in [0.2, 0.25) is 0 Å². The van der Waals surface area contributed by atoms with Gasteiger partial charge in [0.2, 0.25) is 0 Å². The van der Waals surface area contributed by atoms with E-state index >= 15 is 0 Å². The molecule has 304 valence electrons. The van der Waals surface area contributed by atoms with E-state index in [1.807, 2.05) is 23.5 Å². The Kier molecular flexibility index (Phi) is 9.80. The maximum absolute atomic E-state index is 3.81. The zero-order valence-corrected chi connectivity index (χ0v) is 36.4. The van der Waals surface area contributed by atoms with Gasteiger partial charge in [0.05, 0.1) is 5.37 Å². The van der Waals surface area contributed by atoms with Gasteiger partial charge in [0.1, 0.15) is 5.37 Å². The van der Waals surface area contributed by atoms with E-state index in [1.54, 1.807) is 0 Å². The van der Waals surface area contributed by atoms with Crippen LogP contribution in [0.3, 0.4) is 0 Å². The molecule has 0 bridgehead atoms. The highest BCUT2D eigenvalue weighted by Gasteiger charge is 2.26. The summed E-state index contributed by atoms with van der Waals surface area (Å²) in [6.45, 7) is 0. The molecule has 8 aromatic carbocycles. The Morgan fingerprint density at radius 3 is 1.92 bits per heavy atom. The molecule has 2 unspecified atom stereocenters. The van der Waals surface area contributed by atoms with E-state index in [-0.39, 0.29) is 5.37 Å². The average Bonchev–Trinajstić information content (AvgIpc) is 3.99. The fraction of sp³-hybridized carbons (Fsp3) is 0.103. The SMILES string of the molecule is C1=CCCC(C2Nc3cc(-c4ccc(N(C5=Cc6ccc(-c7ccc8ccccc8c7)cc6CC5)c5ccc(-c6ccc7c(c6)SC(c6ccccc6)N7)cc5)cc4)ccc3S2)=C1. The van der Waals surface area contributed by atoms with Crippen molar-refractivity contribution in [1.82, 2.24) is 0 Å². The minimum absolute atomic E-state index is 0.227. The molecule has 12 rings (SSSR count). The number of hydrogen-bond donors (Lipinski definition) is 2. The molecular weight excluding hydrogens is 803 g/mol. The first kappa shape index (κ1) is 38.0. The van der Waals surface area contributed by atoms with Crippen molar-refractivity contribution in [2.24, 2.45) is 0 Å².